The molecule has 11 heteroatoms. The van der Waals surface area contributed by atoms with E-state index in [0.29, 0.717) is 40.0 Å². The zero-order valence-electron chi connectivity index (χ0n) is 18.5. The molecule has 2 N–H and O–H groups in total. The standard InChI is InChI=1S/C22H26N6O4S/c1-3-23-20(30)14-7-6-10-27(11-14)22-26-19-18(33-22)21(31)28(13-24-19)12-17(29)25-15-8-4-5-9-16(15)32-2/h4-5,8-9,13-14H,3,6-7,10-12H2,1-2H3,(H,23,30)(H,25,29)/t14-/m0/s1. The molecule has 174 valence electrons. The Balaban J connectivity index is 1.51. The minimum Gasteiger partial charge on any atom is -0.495 e. The number of ether oxygens (including phenoxy) is 1. The van der Waals surface area contributed by atoms with E-state index in [1.54, 1.807) is 24.3 Å². The molecule has 1 atom stereocenters. The highest BCUT2D eigenvalue weighted by molar-refractivity contribution is 7.22. The van der Waals surface area contributed by atoms with E-state index in [-0.39, 0.29) is 29.8 Å². The van der Waals surface area contributed by atoms with E-state index in [1.165, 1.54) is 29.3 Å². The molecule has 33 heavy (non-hydrogen) atoms. The summed E-state index contributed by atoms with van der Waals surface area (Å²) in [5.41, 5.74) is 0.552. The molecular weight excluding hydrogens is 444 g/mol. The Labute approximate surface area is 194 Å². The largest absolute Gasteiger partial charge is 0.495 e. The molecule has 0 unspecified atom stereocenters. The number of hydrogen-bond donors (Lipinski definition) is 2. The van der Waals surface area contributed by atoms with Crippen LogP contribution in [0.5, 0.6) is 5.75 Å². The monoisotopic (exact) mass is 470 g/mol. The molecule has 0 bridgehead atoms. The summed E-state index contributed by atoms with van der Waals surface area (Å²) < 4.78 is 6.90. The summed E-state index contributed by atoms with van der Waals surface area (Å²) in [6, 6.07) is 7.06. The van der Waals surface area contributed by atoms with Gasteiger partial charge in [-0.15, -0.1) is 0 Å². The second-order valence-electron chi connectivity index (χ2n) is 7.76. The van der Waals surface area contributed by atoms with E-state index >= 15 is 0 Å². The molecule has 0 saturated carbocycles. The van der Waals surface area contributed by atoms with Crippen molar-refractivity contribution in [3.05, 3.63) is 40.9 Å². The average Bonchev–Trinajstić information content (AvgIpc) is 3.27. The smallest absolute Gasteiger partial charge is 0.273 e. The number of carbonyl (C=O) groups is 2. The molecule has 0 radical (unpaired) electrons. The second-order valence-corrected chi connectivity index (χ2v) is 8.73. The quantitative estimate of drug-likeness (QED) is 0.541. The minimum atomic E-state index is -0.367. The van der Waals surface area contributed by atoms with Crippen molar-refractivity contribution in [2.75, 3.05) is 37.0 Å². The van der Waals surface area contributed by atoms with Crippen LogP contribution in [-0.2, 0) is 16.1 Å². The molecule has 2 amide bonds. The first-order chi connectivity index (χ1) is 16.0. The van der Waals surface area contributed by atoms with Crippen LogP contribution in [0.15, 0.2) is 35.4 Å². The van der Waals surface area contributed by atoms with Crippen LogP contribution >= 0.6 is 11.3 Å². The number of nitrogens with zero attached hydrogens (tertiary/aromatic N) is 4. The number of para-hydroxylation sites is 2. The molecule has 10 nitrogen and oxygen atoms in total. The number of nitrogens with one attached hydrogen (secondary N) is 2. The number of carbonyl (C=O) groups excluding carboxylic acids is 2. The van der Waals surface area contributed by atoms with E-state index in [9.17, 15) is 14.4 Å². The molecule has 1 aromatic carbocycles. The summed E-state index contributed by atoms with van der Waals surface area (Å²) in [6.07, 6.45) is 3.04. The third-order valence-corrected chi connectivity index (χ3v) is 6.57. The summed E-state index contributed by atoms with van der Waals surface area (Å²) in [4.78, 5) is 48.6. The van der Waals surface area contributed by atoms with Gasteiger partial charge in [-0.25, -0.2) is 4.98 Å². The van der Waals surface area contributed by atoms with Gasteiger partial charge in [0, 0.05) is 19.6 Å². The Morgan fingerprint density at radius 1 is 1.30 bits per heavy atom. The predicted molar refractivity (Wildman–Crippen MR) is 127 cm³/mol. The molecule has 1 saturated heterocycles. The maximum Gasteiger partial charge on any atom is 0.273 e. The van der Waals surface area contributed by atoms with Gasteiger partial charge in [0.15, 0.2) is 10.8 Å². The van der Waals surface area contributed by atoms with Gasteiger partial charge in [-0.1, -0.05) is 23.5 Å². The van der Waals surface area contributed by atoms with Crippen LogP contribution in [-0.4, -0.2) is 53.1 Å². The third kappa shape index (κ3) is 4.98. The van der Waals surface area contributed by atoms with Crippen molar-refractivity contribution < 1.29 is 14.3 Å². The molecule has 2 aromatic heterocycles. The lowest BCUT2D eigenvalue weighted by atomic mass is 9.97. The molecule has 0 spiro atoms. The summed E-state index contributed by atoms with van der Waals surface area (Å²) >= 11 is 1.24. The first kappa shape index (κ1) is 22.7. The fourth-order valence-corrected chi connectivity index (χ4v) is 4.86. The molecular formula is C22H26N6O4S. The first-order valence-corrected chi connectivity index (χ1v) is 11.6. The Morgan fingerprint density at radius 2 is 2.12 bits per heavy atom. The van der Waals surface area contributed by atoms with Gasteiger partial charge in [-0.2, -0.15) is 4.98 Å². The number of benzene rings is 1. The molecule has 1 aliphatic heterocycles. The van der Waals surface area contributed by atoms with E-state index in [4.69, 9.17) is 4.74 Å². The average molecular weight is 471 g/mol. The lowest BCUT2D eigenvalue weighted by Crippen LogP contribution is -2.43. The Hall–Kier alpha value is -3.47. The molecule has 1 fully saturated rings. The number of hydrogen-bond acceptors (Lipinski definition) is 8. The van der Waals surface area contributed by atoms with E-state index in [0.717, 1.165) is 19.4 Å². The molecule has 3 heterocycles. The molecule has 4 rings (SSSR count). The Kier molecular flexibility index (Phi) is 6.87. The van der Waals surface area contributed by atoms with Crippen LogP contribution < -0.4 is 25.8 Å². The lowest BCUT2D eigenvalue weighted by Gasteiger charge is -2.31. The number of methoxy groups -OCH3 is 1. The normalized spacial score (nSPS) is 15.9. The van der Waals surface area contributed by atoms with Gasteiger partial charge in [-0.05, 0) is 31.9 Å². The highest BCUT2D eigenvalue weighted by Crippen LogP contribution is 2.29. The fraction of sp³-hybridized carbons (Fsp3) is 0.409. The van der Waals surface area contributed by atoms with Crippen molar-refractivity contribution in [1.82, 2.24) is 19.9 Å². The fourth-order valence-electron chi connectivity index (χ4n) is 3.86. The predicted octanol–water partition coefficient (Wildman–Crippen LogP) is 1.85. The van der Waals surface area contributed by atoms with Crippen LogP contribution in [0.3, 0.4) is 0 Å². The summed E-state index contributed by atoms with van der Waals surface area (Å²) in [6.45, 7) is 3.65. The van der Waals surface area contributed by atoms with Gasteiger partial charge in [0.2, 0.25) is 11.8 Å². The Bertz CT molecular complexity index is 1220. The number of thiazole rings is 1. The van der Waals surface area contributed by atoms with Crippen LogP contribution in [0.25, 0.3) is 10.3 Å². The number of anilines is 2. The number of piperidine rings is 1. The number of aromatic nitrogens is 3. The summed E-state index contributed by atoms with van der Waals surface area (Å²) in [5, 5.41) is 6.30. The van der Waals surface area contributed by atoms with Crippen LogP contribution in [0, 0.1) is 5.92 Å². The maximum absolute atomic E-state index is 13.0. The molecule has 3 aromatic rings. The van der Waals surface area contributed by atoms with Gasteiger partial charge >= 0.3 is 0 Å². The van der Waals surface area contributed by atoms with Crippen LogP contribution in [0.4, 0.5) is 10.8 Å². The number of fused-ring (bicyclic) bond motifs is 1. The van der Waals surface area contributed by atoms with Crippen molar-refractivity contribution in [2.24, 2.45) is 5.92 Å². The topological polar surface area (TPSA) is 118 Å². The summed E-state index contributed by atoms with van der Waals surface area (Å²) in [7, 11) is 1.52. The van der Waals surface area contributed by atoms with Crippen LogP contribution in [0.1, 0.15) is 19.8 Å². The van der Waals surface area contributed by atoms with E-state index in [2.05, 4.69) is 20.6 Å². The minimum absolute atomic E-state index is 0.0462. The maximum atomic E-state index is 13.0. The van der Waals surface area contributed by atoms with Gasteiger partial charge in [-0.3, -0.25) is 19.0 Å². The zero-order valence-corrected chi connectivity index (χ0v) is 19.4. The summed E-state index contributed by atoms with van der Waals surface area (Å²) in [5.74, 6) is 0.110. The van der Waals surface area contributed by atoms with Gasteiger partial charge in [0.25, 0.3) is 5.56 Å². The first-order valence-electron chi connectivity index (χ1n) is 10.8. The van der Waals surface area contributed by atoms with Gasteiger partial charge < -0.3 is 20.3 Å². The number of amides is 2. The Morgan fingerprint density at radius 3 is 2.91 bits per heavy atom. The zero-order chi connectivity index (χ0) is 23.4. The third-order valence-electron chi connectivity index (χ3n) is 5.48. The van der Waals surface area contributed by atoms with Gasteiger partial charge in [0.05, 0.1) is 18.7 Å². The lowest BCUT2D eigenvalue weighted by molar-refractivity contribution is -0.125. The van der Waals surface area contributed by atoms with Crippen molar-refractivity contribution >= 4 is 44.3 Å². The highest BCUT2D eigenvalue weighted by Gasteiger charge is 2.27. The van der Waals surface area contributed by atoms with Gasteiger partial charge in [0.1, 0.15) is 23.3 Å². The van der Waals surface area contributed by atoms with Crippen molar-refractivity contribution in [1.29, 1.82) is 0 Å². The second kappa shape index (κ2) is 9.99. The van der Waals surface area contributed by atoms with Crippen molar-refractivity contribution in [3.8, 4) is 5.75 Å². The van der Waals surface area contributed by atoms with E-state index in [1.807, 2.05) is 11.8 Å². The molecule has 1 aliphatic rings. The SMILES string of the molecule is CCNC(=O)[C@H]1CCCN(c2nc3ncn(CC(=O)Nc4ccccc4OC)c(=O)c3s2)C1. The van der Waals surface area contributed by atoms with Crippen LogP contribution in [0.2, 0.25) is 0 Å². The van der Waals surface area contributed by atoms with Crippen molar-refractivity contribution in [2.45, 2.75) is 26.3 Å². The highest BCUT2D eigenvalue weighted by atomic mass is 32.1. The van der Waals surface area contributed by atoms with Crippen molar-refractivity contribution in [3.63, 3.8) is 0 Å². The molecule has 0 aliphatic carbocycles. The van der Waals surface area contributed by atoms with E-state index < -0.39 is 0 Å². The number of rotatable bonds is 7.